The number of carbonyl (C=O) groups is 3. The van der Waals surface area contributed by atoms with Crippen molar-refractivity contribution in [1.82, 2.24) is 4.98 Å². The summed E-state index contributed by atoms with van der Waals surface area (Å²) in [5.74, 6) is 0.402. The molecule has 11 nitrogen and oxygen atoms in total. The number of esters is 3. The van der Waals surface area contributed by atoms with Crippen molar-refractivity contribution in [3.8, 4) is 17.2 Å². The molecule has 4 aromatic carbocycles. The Balaban J connectivity index is 1.20. The molecule has 0 aliphatic rings. The number of thiazole rings is 1. The van der Waals surface area contributed by atoms with Gasteiger partial charge in [0.05, 0.1) is 48.4 Å². The maximum atomic E-state index is 13.4. The maximum absolute atomic E-state index is 13.4. The van der Waals surface area contributed by atoms with Crippen molar-refractivity contribution < 1.29 is 38.1 Å². The number of nitrogens with zero attached hydrogens (tertiary/aromatic N) is 2. The van der Waals surface area contributed by atoms with Gasteiger partial charge in [0.2, 0.25) is 5.13 Å². The summed E-state index contributed by atoms with van der Waals surface area (Å²) in [4.78, 5) is 40.2. The summed E-state index contributed by atoms with van der Waals surface area (Å²) in [5, 5.41) is 6.83. The maximum Gasteiger partial charge on any atom is 0.343 e. The molecule has 0 radical (unpaired) electrons. The number of para-hydroxylation sites is 1. The fraction of sp³-hybridized carbons (Fsp3) is 0.279. The summed E-state index contributed by atoms with van der Waals surface area (Å²) in [6.07, 6.45) is 11.0. The van der Waals surface area contributed by atoms with Crippen molar-refractivity contribution in [2.24, 2.45) is 5.10 Å². The van der Waals surface area contributed by atoms with Crippen LogP contribution >= 0.6 is 11.3 Å². The minimum absolute atomic E-state index is 0.347. The summed E-state index contributed by atoms with van der Waals surface area (Å²) >= 11 is 1.49. The first-order valence-corrected chi connectivity index (χ1v) is 19.1. The van der Waals surface area contributed by atoms with Gasteiger partial charge in [0.15, 0.2) is 0 Å². The Hall–Kier alpha value is -6.01. The molecule has 0 saturated heterocycles. The Kier molecular flexibility index (Phi) is 15.8. The molecule has 0 saturated carbocycles. The Labute approximate surface area is 324 Å². The van der Waals surface area contributed by atoms with Crippen LogP contribution in [0.25, 0.3) is 21.0 Å². The number of hydrogen-bond donors (Lipinski definition) is 1. The van der Waals surface area contributed by atoms with Crippen molar-refractivity contribution in [3.63, 3.8) is 0 Å². The van der Waals surface area contributed by atoms with Crippen LogP contribution in [0, 0.1) is 0 Å². The van der Waals surface area contributed by atoms with Crippen LogP contribution in [0.1, 0.15) is 67.3 Å². The third-order valence-electron chi connectivity index (χ3n) is 8.37. The van der Waals surface area contributed by atoms with E-state index in [1.54, 1.807) is 36.5 Å². The molecule has 5 aromatic rings. The smallest absolute Gasteiger partial charge is 0.343 e. The lowest BCUT2D eigenvalue weighted by Gasteiger charge is -2.13. The van der Waals surface area contributed by atoms with Crippen LogP contribution in [-0.2, 0) is 19.1 Å². The number of benzene rings is 4. The number of hydrogen-bond acceptors (Lipinski definition) is 12. The number of hydrazone groups is 1. The largest absolute Gasteiger partial charge is 0.494 e. The highest BCUT2D eigenvalue weighted by molar-refractivity contribution is 7.22. The fourth-order valence-corrected chi connectivity index (χ4v) is 6.32. The van der Waals surface area contributed by atoms with Crippen LogP contribution in [0.4, 0.5) is 5.13 Å². The Morgan fingerprint density at radius 3 is 1.98 bits per heavy atom. The molecule has 55 heavy (non-hydrogen) atoms. The van der Waals surface area contributed by atoms with Gasteiger partial charge in [-0.05, 0) is 123 Å². The number of carbonyl (C=O) groups excluding carboxylic acids is 3. The second kappa shape index (κ2) is 21.6. The van der Waals surface area contributed by atoms with Crippen molar-refractivity contribution in [3.05, 3.63) is 115 Å². The van der Waals surface area contributed by atoms with Gasteiger partial charge in [0.1, 0.15) is 17.2 Å². The third-order valence-corrected chi connectivity index (χ3v) is 9.31. The summed E-state index contributed by atoms with van der Waals surface area (Å²) < 4.78 is 28.9. The molecule has 1 N–H and O–H groups in total. The number of fused-ring (bicyclic) bond motifs is 2. The number of rotatable bonds is 23. The average molecular weight is 764 g/mol. The summed E-state index contributed by atoms with van der Waals surface area (Å²) in [6, 6.07) is 24.1. The summed E-state index contributed by atoms with van der Waals surface area (Å²) in [6.45, 7) is 8.64. The van der Waals surface area contributed by atoms with Crippen LogP contribution in [-0.4, -0.2) is 55.5 Å². The van der Waals surface area contributed by atoms with E-state index in [9.17, 15) is 14.4 Å². The van der Waals surface area contributed by atoms with Crippen molar-refractivity contribution >= 4 is 61.6 Å². The first-order valence-electron chi connectivity index (χ1n) is 18.3. The zero-order valence-electron chi connectivity index (χ0n) is 30.7. The van der Waals surface area contributed by atoms with E-state index in [-0.39, 0.29) is 0 Å². The molecular formula is C43H45N3O8S. The van der Waals surface area contributed by atoms with Crippen LogP contribution in [0.5, 0.6) is 17.2 Å². The first kappa shape index (κ1) is 40.2. The first-order chi connectivity index (χ1) is 26.9. The average Bonchev–Trinajstić information content (AvgIpc) is 3.63. The Morgan fingerprint density at radius 1 is 0.709 bits per heavy atom. The third kappa shape index (κ3) is 12.8. The number of ether oxygens (including phenoxy) is 5. The quantitative estimate of drug-likeness (QED) is 0.0171. The molecule has 0 aliphatic carbocycles. The van der Waals surface area contributed by atoms with Gasteiger partial charge in [-0.3, -0.25) is 5.43 Å². The van der Waals surface area contributed by atoms with Gasteiger partial charge in [-0.15, -0.1) is 0 Å². The Bertz CT molecular complexity index is 2060. The molecule has 0 atom stereocenters. The highest BCUT2D eigenvalue weighted by atomic mass is 32.1. The molecule has 0 unspecified atom stereocenters. The zero-order valence-corrected chi connectivity index (χ0v) is 31.5. The van der Waals surface area contributed by atoms with E-state index < -0.39 is 17.9 Å². The highest BCUT2D eigenvalue weighted by Gasteiger charge is 2.15. The van der Waals surface area contributed by atoms with E-state index in [1.807, 2.05) is 48.5 Å². The van der Waals surface area contributed by atoms with E-state index in [1.165, 1.54) is 17.4 Å². The van der Waals surface area contributed by atoms with Gasteiger partial charge in [0.25, 0.3) is 0 Å². The predicted octanol–water partition coefficient (Wildman–Crippen LogP) is 9.45. The van der Waals surface area contributed by atoms with Crippen LogP contribution in [0.3, 0.4) is 0 Å². The van der Waals surface area contributed by atoms with Crippen LogP contribution in [0.15, 0.2) is 109 Å². The van der Waals surface area contributed by atoms with Gasteiger partial charge in [-0.1, -0.05) is 42.7 Å². The predicted molar refractivity (Wildman–Crippen MR) is 216 cm³/mol. The van der Waals surface area contributed by atoms with Crippen molar-refractivity contribution in [1.29, 1.82) is 0 Å². The molecule has 0 fully saturated rings. The minimum atomic E-state index is -0.518. The van der Waals surface area contributed by atoms with E-state index in [0.717, 1.165) is 84.2 Å². The standard InChI is InChI=1S/C43H45N3O8S/c1-3-40(47)52-27-13-7-5-11-25-50-33-20-17-31(18-21-33)42(49)54-38-24-19-32-29-34(51-26-12-6-8-14-28-53-41(48)4-2)22-23-35(32)36(38)30-44-46-43-45-37-15-9-10-16-39(37)55-43/h3-4,9-10,15-24,29-30H,1-2,5-8,11-14,25-28H2,(H,45,46)/b44-30+. The highest BCUT2D eigenvalue weighted by Crippen LogP contribution is 2.31. The topological polar surface area (TPSA) is 135 Å². The van der Waals surface area contributed by atoms with E-state index in [2.05, 4.69) is 28.7 Å². The van der Waals surface area contributed by atoms with Gasteiger partial charge in [0, 0.05) is 17.7 Å². The molecule has 0 bridgehead atoms. The number of nitrogens with one attached hydrogen (secondary N) is 1. The normalized spacial score (nSPS) is 11.0. The summed E-state index contributed by atoms with van der Waals surface area (Å²) in [7, 11) is 0. The molecule has 12 heteroatoms. The molecule has 0 amide bonds. The molecule has 0 spiro atoms. The molecule has 1 aromatic heterocycles. The zero-order chi connectivity index (χ0) is 38.7. The van der Waals surface area contributed by atoms with Crippen molar-refractivity contribution in [2.75, 3.05) is 31.9 Å². The second-order valence-corrected chi connectivity index (χ2v) is 13.4. The van der Waals surface area contributed by atoms with Gasteiger partial charge in [-0.2, -0.15) is 5.10 Å². The monoisotopic (exact) mass is 763 g/mol. The number of anilines is 1. The lowest BCUT2D eigenvalue weighted by Crippen LogP contribution is -2.10. The molecule has 5 rings (SSSR count). The van der Waals surface area contributed by atoms with E-state index in [4.69, 9.17) is 23.7 Å². The lowest BCUT2D eigenvalue weighted by atomic mass is 10.0. The minimum Gasteiger partial charge on any atom is -0.494 e. The summed E-state index contributed by atoms with van der Waals surface area (Å²) in [5.41, 5.74) is 4.89. The van der Waals surface area contributed by atoms with E-state index >= 15 is 0 Å². The SMILES string of the molecule is C=CC(=O)OCCCCCCOc1ccc(C(=O)Oc2ccc3cc(OCCCCCCOC(=O)C=C)ccc3c2/C=N/Nc2nc3ccccc3s2)cc1. The van der Waals surface area contributed by atoms with E-state index in [0.29, 0.717) is 54.2 Å². The Morgan fingerprint density at radius 2 is 1.33 bits per heavy atom. The second-order valence-electron chi connectivity index (χ2n) is 12.4. The lowest BCUT2D eigenvalue weighted by molar-refractivity contribution is -0.138. The fourth-order valence-electron chi connectivity index (χ4n) is 5.50. The molecule has 286 valence electrons. The van der Waals surface area contributed by atoms with Crippen LogP contribution < -0.4 is 19.6 Å². The van der Waals surface area contributed by atoms with Crippen molar-refractivity contribution in [2.45, 2.75) is 51.4 Å². The molecular weight excluding hydrogens is 719 g/mol. The van der Waals surface area contributed by atoms with Gasteiger partial charge in [-0.25, -0.2) is 19.4 Å². The van der Waals surface area contributed by atoms with Crippen LogP contribution in [0.2, 0.25) is 0 Å². The number of aromatic nitrogens is 1. The number of unbranched alkanes of at least 4 members (excludes halogenated alkanes) is 6. The molecule has 0 aliphatic heterocycles. The molecule has 1 heterocycles. The van der Waals surface area contributed by atoms with Gasteiger partial charge < -0.3 is 23.7 Å². The van der Waals surface area contributed by atoms with Gasteiger partial charge >= 0.3 is 17.9 Å².